The molecule has 1 aromatic heterocycles. The number of sulfonamides is 1. The summed E-state index contributed by atoms with van der Waals surface area (Å²) >= 11 is 0. The van der Waals surface area contributed by atoms with Crippen LogP contribution in [0.25, 0.3) is 21.9 Å². The number of carbonyl (C=O) groups excluding carboxylic acids is 1. The third kappa shape index (κ3) is 5.03. The van der Waals surface area contributed by atoms with Crippen LogP contribution in [0, 0.1) is 0 Å². The molecule has 2 atom stereocenters. The zero-order valence-electron chi connectivity index (χ0n) is 19.4. The van der Waals surface area contributed by atoms with Crippen LogP contribution in [0.15, 0.2) is 112 Å². The second-order valence-corrected chi connectivity index (χ2v) is 10.3. The van der Waals surface area contributed by atoms with Gasteiger partial charge in [0.2, 0.25) is 10.0 Å². The maximum atomic E-state index is 13.1. The summed E-state index contributed by atoms with van der Waals surface area (Å²) in [5.74, 6) is 0.0648. The number of nitrogens with one attached hydrogen (secondary N) is 1. The molecule has 0 saturated carbocycles. The van der Waals surface area contributed by atoms with Crippen molar-refractivity contribution < 1.29 is 22.4 Å². The van der Waals surface area contributed by atoms with Crippen LogP contribution >= 0.6 is 0 Å². The van der Waals surface area contributed by atoms with Crippen molar-refractivity contribution in [2.75, 3.05) is 6.54 Å². The van der Waals surface area contributed by atoms with E-state index in [0.29, 0.717) is 23.3 Å². The molecule has 7 heteroatoms. The van der Waals surface area contributed by atoms with E-state index in [1.807, 2.05) is 84.9 Å². The number of hydrogen-bond acceptors (Lipinski definition) is 5. The van der Waals surface area contributed by atoms with Crippen molar-refractivity contribution in [1.82, 2.24) is 4.72 Å². The lowest BCUT2D eigenvalue weighted by atomic mass is 9.92. The van der Waals surface area contributed by atoms with Crippen LogP contribution < -0.4 is 9.46 Å². The standard InChI is InChI=1S/C29H25NO5S/c31-20-26(21-9-3-1-4-10-21)29(34-22-11-5-2-6-12-22)17-18-30-36(32,33)23-15-16-28-25(19-23)24-13-7-8-14-27(24)35-28/h1-16,19-20,26,29-30H,17-18H2. The molecule has 0 bridgehead atoms. The van der Waals surface area contributed by atoms with Gasteiger partial charge >= 0.3 is 0 Å². The van der Waals surface area contributed by atoms with Crippen LogP contribution in [-0.2, 0) is 14.8 Å². The fourth-order valence-corrected chi connectivity index (χ4v) is 5.41. The number of benzene rings is 4. The highest BCUT2D eigenvalue weighted by Gasteiger charge is 2.26. The van der Waals surface area contributed by atoms with Gasteiger partial charge in [-0.25, -0.2) is 13.1 Å². The minimum absolute atomic E-state index is 0.0984. The predicted molar refractivity (Wildman–Crippen MR) is 140 cm³/mol. The highest BCUT2D eigenvalue weighted by molar-refractivity contribution is 7.89. The minimum atomic E-state index is -3.80. The average Bonchev–Trinajstić information content (AvgIpc) is 3.28. The second kappa shape index (κ2) is 10.4. The van der Waals surface area contributed by atoms with E-state index in [-0.39, 0.29) is 11.4 Å². The fourth-order valence-electron chi connectivity index (χ4n) is 4.33. The minimum Gasteiger partial charge on any atom is -0.489 e. The molecule has 182 valence electrons. The summed E-state index contributed by atoms with van der Waals surface area (Å²) < 4.78 is 40.9. The van der Waals surface area contributed by atoms with Crippen molar-refractivity contribution in [2.45, 2.75) is 23.3 Å². The number of fused-ring (bicyclic) bond motifs is 3. The molecule has 0 spiro atoms. The molecule has 2 unspecified atom stereocenters. The Balaban J connectivity index is 1.36. The molecule has 0 fully saturated rings. The third-order valence-corrected chi connectivity index (χ3v) is 7.60. The first-order chi connectivity index (χ1) is 17.5. The van der Waals surface area contributed by atoms with E-state index in [9.17, 15) is 13.2 Å². The summed E-state index contributed by atoms with van der Waals surface area (Å²) in [5, 5.41) is 1.60. The van der Waals surface area contributed by atoms with Crippen molar-refractivity contribution in [2.24, 2.45) is 0 Å². The highest BCUT2D eigenvalue weighted by atomic mass is 32.2. The van der Waals surface area contributed by atoms with Crippen LogP contribution in [0.2, 0.25) is 0 Å². The van der Waals surface area contributed by atoms with Gasteiger partial charge in [-0.1, -0.05) is 66.7 Å². The zero-order chi connectivity index (χ0) is 25.0. The van der Waals surface area contributed by atoms with Crippen molar-refractivity contribution in [1.29, 1.82) is 0 Å². The van der Waals surface area contributed by atoms with Crippen molar-refractivity contribution in [3.8, 4) is 5.75 Å². The number of hydrogen-bond donors (Lipinski definition) is 1. The number of furan rings is 1. The summed E-state index contributed by atoms with van der Waals surface area (Å²) in [6.07, 6.45) is 0.592. The summed E-state index contributed by atoms with van der Waals surface area (Å²) in [6.45, 7) is 0.0984. The molecule has 4 aromatic carbocycles. The smallest absolute Gasteiger partial charge is 0.240 e. The van der Waals surface area contributed by atoms with Gasteiger partial charge in [-0.3, -0.25) is 0 Å². The first-order valence-corrected chi connectivity index (χ1v) is 13.2. The van der Waals surface area contributed by atoms with Crippen LogP contribution in [0.3, 0.4) is 0 Å². The molecule has 0 radical (unpaired) electrons. The van der Waals surface area contributed by atoms with E-state index in [1.165, 1.54) is 6.07 Å². The largest absolute Gasteiger partial charge is 0.489 e. The Morgan fingerprint density at radius 1 is 0.806 bits per heavy atom. The number of carbonyl (C=O) groups is 1. The van der Waals surface area contributed by atoms with Crippen molar-refractivity contribution >= 4 is 38.2 Å². The Hall–Kier alpha value is -3.94. The van der Waals surface area contributed by atoms with Crippen LogP contribution in [-0.4, -0.2) is 27.4 Å². The van der Waals surface area contributed by atoms with Gasteiger partial charge in [0.1, 0.15) is 29.3 Å². The van der Waals surface area contributed by atoms with Crippen LogP contribution in [0.4, 0.5) is 0 Å². The molecule has 0 aliphatic heterocycles. The summed E-state index contributed by atoms with van der Waals surface area (Å²) in [5.41, 5.74) is 2.15. The summed E-state index contributed by atoms with van der Waals surface area (Å²) in [7, 11) is -3.80. The molecule has 0 aliphatic rings. The third-order valence-electron chi connectivity index (χ3n) is 6.14. The van der Waals surface area contributed by atoms with E-state index in [2.05, 4.69) is 4.72 Å². The molecule has 5 aromatic rings. The molecule has 0 amide bonds. The number of rotatable bonds is 10. The number of aldehydes is 1. The normalized spacial score (nSPS) is 13.4. The zero-order valence-corrected chi connectivity index (χ0v) is 20.2. The van der Waals surface area contributed by atoms with Gasteiger partial charge in [-0.05, 0) is 48.4 Å². The van der Waals surface area contributed by atoms with E-state index >= 15 is 0 Å². The van der Waals surface area contributed by atoms with Gasteiger partial charge in [-0.2, -0.15) is 0 Å². The molecule has 0 aliphatic carbocycles. The van der Waals surface area contributed by atoms with Gasteiger partial charge in [0, 0.05) is 17.3 Å². The Morgan fingerprint density at radius 3 is 2.22 bits per heavy atom. The molecule has 36 heavy (non-hydrogen) atoms. The maximum Gasteiger partial charge on any atom is 0.240 e. The van der Waals surface area contributed by atoms with Crippen LogP contribution in [0.5, 0.6) is 5.75 Å². The predicted octanol–water partition coefficient (Wildman–Crippen LogP) is 5.68. The highest BCUT2D eigenvalue weighted by Crippen LogP contribution is 2.30. The van der Waals surface area contributed by atoms with Crippen molar-refractivity contribution in [3.63, 3.8) is 0 Å². The number of para-hydroxylation sites is 2. The van der Waals surface area contributed by atoms with E-state index in [0.717, 1.165) is 22.6 Å². The van der Waals surface area contributed by atoms with E-state index < -0.39 is 22.0 Å². The van der Waals surface area contributed by atoms with Crippen LogP contribution in [0.1, 0.15) is 17.9 Å². The SMILES string of the molecule is O=CC(c1ccccc1)C(CCNS(=O)(=O)c1ccc2oc3ccccc3c2c1)Oc1ccccc1. The molecule has 0 saturated heterocycles. The van der Waals surface area contributed by atoms with Gasteiger partial charge in [0.25, 0.3) is 0 Å². The monoisotopic (exact) mass is 499 g/mol. The molecule has 1 N–H and O–H groups in total. The van der Waals surface area contributed by atoms with Gasteiger partial charge in [0.05, 0.1) is 10.8 Å². The molecular formula is C29H25NO5S. The molecule has 6 nitrogen and oxygen atoms in total. The van der Waals surface area contributed by atoms with Gasteiger partial charge in [0.15, 0.2) is 0 Å². The van der Waals surface area contributed by atoms with Gasteiger partial charge < -0.3 is 13.9 Å². The quantitative estimate of drug-likeness (QED) is 0.250. The molecule has 5 rings (SSSR count). The Morgan fingerprint density at radius 2 is 1.47 bits per heavy atom. The van der Waals surface area contributed by atoms with Crippen molar-refractivity contribution in [3.05, 3.63) is 109 Å². The van der Waals surface area contributed by atoms with E-state index in [4.69, 9.17) is 9.15 Å². The average molecular weight is 500 g/mol. The lowest BCUT2D eigenvalue weighted by Crippen LogP contribution is -2.33. The van der Waals surface area contributed by atoms with Gasteiger partial charge in [-0.15, -0.1) is 0 Å². The topological polar surface area (TPSA) is 85.6 Å². The summed E-state index contributed by atoms with van der Waals surface area (Å²) in [4.78, 5) is 12.2. The molecular weight excluding hydrogens is 474 g/mol. The Labute approximate surface area is 209 Å². The molecule has 1 heterocycles. The Kier molecular flexibility index (Phi) is 6.84. The number of ether oxygens (including phenoxy) is 1. The lowest BCUT2D eigenvalue weighted by molar-refractivity contribution is -0.111. The lowest BCUT2D eigenvalue weighted by Gasteiger charge is -2.25. The fraction of sp³-hybridized carbons (Fsp3) is 0.138. The Bertz CT molecular complexity index is 1580. The summed E-state index contributed by atoms with van der Waals surface area (Å²) in [6, 6.07) is 30.9. The maximum absolute atomic E-state index is 13.1. The first-order valence-electron chi connectivity index (χ1n) is 11.7. The first kappa shape index (κ1) is 23.8. The van der Waals surface area contributed by atoms with E-state index in [1.54, 1.807) is 12.1 Å². The second-order valence-electron chi connectivity index (χ2n) is 8.48.